The lowest BCUT2D eigenvalue weighted by Crippen LogP contribution is -1.96. The van der Waals surface area contributed by atoms with Gasteiger partial charge in [-0.05, 0) is 6.07 Å². The maximum Gasteiger partial charge on any atom is 0.233 e. The zero-order chi connectivity index (χ0) is 12.8. The number of nitriles is 1. The largest absolute Gasteiger partial charge is 0.480 e. The lowest BCUT2D eigenvalue weighted by Gasteiger charge is -2.01. The van der Waals surface area contributed by atoms with Gasteiger partial charge in [0, 0.05) is 12.4 Å². The summed E-state index contributed by atoms with van der Waals surface area (Å²) in [6.45, 7) is 4.25. The lowest BCUT2D eigenvalue weighted by molar-refractivity contribution is 0.397. The number of ether oxygens (including phenoxy) is 1. The van der Waals surface area contributed by atoms with E-state index in [1.807, 2.05) is 6.07 Å². The van der Waals surface area contributed by atoms with E-state index in [4.69, 9.17) is 10.00 Å². The van der Waals surface area contributed by atoms with Crippen LogP contribution >= 0.6 is 0 Å². The van der Waals surface area contributed by atoms with Gasteiger partial charge in [0.15, 0.2) is 5.65 Å². The van der Waals surface area contributed by atoms with Gasteiger partial charge in [0.2, 0.25) is 5.88 Å². The van der Waals surface area contributed by atoms with Crippen LogP contribution < -0.4 is 4.74 Å². The number of pyridine rings is 1. The molecule has 0 bridgehead atoms. The van der Waals surface area contributed by atoms with Gasteiger partial charge in [-0.15, -0.1) is 0 Å². The van der Waals surface area contributed by atoms with Gasteiger partial charge in [-0.2, -0.15) is 15.3 Å². The topological polar surface area (TPSA) is 63.7 Å². The summed E-state index contributed by atoms with van der Waals surface area (Å²) in [6.07, 6.45) is 2.92. The Labute approximate surface area is 101 Å². The molecule has 2 aromatic heterocycles. The summed E-state index contributed by atoms with van der Waals surface area (Å²) in [6, 6.07) is 3.74. The number of hydrogen-bond donors (Lipinski definition) is 0. The second kappa shape index (κ2) is 5.85. The molecule has 2 heterocycles. The maximum atomic E-state index is 8.82. The third-order valence-corrected chi connectivity index (χ3v) is 1.99. The third-order valence-electron chi connectivity index (χ3n) is 1.99. The third kappa shape index (κ3) is 2.72. The highest BCUT2D eigenvalue weighted by atomic mass is 16.5. The van der Waals surface area contributed by atoms with E-state index in [0.717, 1.165) is 5.39 Å². The molecule has 0 aromatic carbocycles. The molecule has 0 radical (unpaired) electrons. The Balaban J connectivity index is 0.000000437. The molecule has 0 aliphatic carbocycles. The smallest absolute Gasteiger partial charge is 0.233 e. The van der Waals surface area contributed by atoms with E-state index in [0.29, 0.717) is 17.1 Å². The van der Waals surface area contributed by atoms with Crippen molar-refractivity contribution < 1.29 is 4.74 Å². The zero-order valence-corrected chi connectivity index (χ0v) is 10.6. The number of aromatic nitrogens is 3. The average molecular weight is 232 g/mol. The summed E-state index contributed by atoms with van der Waals surface area (Å²) in [5.41, 5.74) is 1.13. The summed E-state index contributed by atoms with van der Waals surface area (Å²) in [5, 5.41) is 13.7. The van der Waals surface area contributed by atoms with Gasteiger partial charge in [0.25, 0.3) is 0 Å². The Hall–Kier alpha value is -2.09. The van der Waals surface area contributed by atoms with Gasteiger partial charge in [-0.1, -0.05) is 20.3 Å². The van der Waals surface area contributed by atoms with Gasteiger partial charge in [0.1, 0.15) is 11.6 Å². The summed E-state index contributed by atoms with van der Waals surface area (Å²) in [4.78, 5) is 4.18. The first-order valence-electron chi connectivity index (χ1n) is 5.44. The summed E-state index contributed by atoms with van der Waals surface area (Å²) in [5.74, 6) is 0.337. The van der Waals surface area contributed by atoms with Crippen LogP contribution in [0.25, 0.3) is 11.0 Å². The first kappa shape index (κ1) is 13.0. The zero-order valence-electron chi connectivity index (χ0n) is 10.6. The molecule has 0 unspecified atom stereocenters. The Morgan fingerprint density at radius 1 is 1.47 bits per heavy atom. The molecule has 5 nitrogen and oxygen atoms in total. The molecule has 5 heteroatoms. The number of methoxy groups -OCH3 is 1. The molecule has 0 amide bonds. The van der Waals surface area contributed by atoms with Crippen LogP contribution in [-0.2, 0) is 7.05 Å². The highest BCUT2D eigenvalue weighted by Gasteiger charge is 2.09. The van der Waals surface area contributed by atoms with Crippen molar-refractivity contribution in [2.24, 2.45) is 7.05 Å². The molecule has 0 saturated heterocycles. The normalized spacial score (nSPS) is 9.35. The Kier molecular flexibility index (Phi) is 4.46. The molecule has 0 fully saturated rings. The van der Waals surface area contributed by atoms with Crippen molar-refractivity contribution in [2.45, 2.75) is 20.3 Å². The number of aryl methyl sites for hydroxylation is 1. The lowest BCUT2D eigenvalue weighted by atomic mass is 10.2. The van der Waals surface area contributed by atoms with Gasteiger partial charge < -0.3 is 4.74 Å². The summed E-state index contributed by atoms with van der Waals surface area (Å²) < 4.78 is 6.63. The van der Waals surface area contributed by atoms with E-state index in [1.54, 1.807) is 24.0 Å². The van der Waals surface area contributed by atoms with Crippen molar-refractivity contribution in [3.63, 3.8) is 0 Å². The minimum atomic E-state index is 0.337. The molecule has 17 heavy (non-hydrogen) atoms. The van der Waals surface area contributed by atoms with Crippen LogP contribution in [-0.4, -0.2) is 21.9 Å². The van der Waals surface area contributed by atoms with E-state index in [2.05, 4.69) is 23.9 Å². The van der Waals surface area contributed by atoms with Gasteiger partial charge in [0.05, 0.1) is 13.3 Å². The number of nitrogens with zero attached hydrogens (tertiary/aromatic N) is 4. The van der Waals surface area contributed by atoms with Gasteiger partial charge >= 0.3 is 0 Å². The molecule has 0 saturated carbocycles. The first-order valence-corrected chi connectivity index (χ1v) is 5.44. The van der Waals surface area contributed by atoms with Crippen LogP contribution in [0.15, 0.2) is 12.3 Å². The number of hydrogen-bond acceptors (Lipinski definition) is 4. The second-order valence-corrected chi connectivity index (χ2v) is 3.55. The molecule has 0 N–H and O–H groups in total. The van der Waals surface area contributed by atoms with Crippen molar-refractivity contribution >= 4 is 11.0 Å². The fourth-order valence-corrected chi connectivity index (χ4v) is 1.30. The molecule has 0 spiro atoms. The highest BCUT2D eigenvalue weighted by Crippen LogP contribution is 2.20. The van der Waals surface area contributed by atoms with Crippen molar-refractivity contribution in [1.29, 1.82) is 5.26 Å². The summed E-state index contributed by atoms with van der Waals surface area (Å²) in [7, 11) is 3.28. The van der Waals surface area contributed by atoms with E-state index < -0.39 is 0 Å². The summed E-state index contributed by atoms with van der Waals surface area (Å²) >= 11 is 0. The number of rotatable bonds is 1. The monoisotopic (exact) mass is 232 g/mol. The molecule has 90 valence electrons. The molecule has 0 aliphatic heterocycles. The SMILES string of the molecule is CCC.COc1nc2c(cnn2C)cc1C#N. The molecule has 0 atom stereocenters. The minimum absolute atomic E-state index is 0.337. The van der Waals surface area contributed by atoms with Crippen LogP contribution in [0.3, 0.4) is 0 Å². The van der Waals surface area contributed by atoms with Crippen molar-refractivity contribution in [1.82, 2.24) is 14.8 Å². The second-order valence-electron chi connectivity index (χ2n) is 3.55. The fourth-order valence-electron chi connectivity index (χ4n) is 1.30. The quantitative estimate of drug-likeness (QED) is 0.756. The maximum absolute atomic E-state index is 8.82. The Bertz CT molecular complexity index is 539. The standard InChI is InChI=1S/C9H8N4O.C3H8/c1-13-8-7(5-11-13)3-6(4-10)9(12-8)14-2;1-3-2/h3,5H,1-2H3;3H2,1-2H3. The van der Waals surface area contributed by atoms with Crippen molar-refractivity contribution in [3.05, 3.63) is 17.8 Å². The molecule has 0 aliphatic rings. The van der Waals surface area contributed by atoms with Crippen LogP contribution in [0, 0.1) is 11.3 Å². The van der Waals surface area contributed by atoms with Crippen LogP contribution in [0.1, 0.15) is 25.8 Å². The van der Waals surface area contributed by atoms with E-state index in [9.17, 15) is 0 Å². The molecule has 2 aromatic rings. The predicted molar refractivity (Wildman–Crippen MR) is 65.7 cm³/mol. The molecule has 2 rings (SSSR count). The highest BCUT2D eigenvalue weighted by molar-refractivity contribution is 5.77. The van der Waals surface area contributed by atoms with E-state index in [-0.39, 0.29) is 0 Å². The van der Waals surface area contributed by atoms with E-state index in [1.165, 1.54) is 13.5 Å². The predicted octanol–water partition coefficient (Wildman–Crippen LogP) is 2.26. The van der Waals surface area contributed by atoms with Gasteiger partial charge in [-0.3, -0.25) is 4.68 Å². The Morgan fingerprint density at radius 2 is 2.12 bits per heavy atom. The van der Waals surface area contributed by atoms with Gasteiger partial charge in [-0.25, -0.2) is 0 Å². The van der Waals surface area contributed by atoms with Crippen LogP contribution in [0.5, 0.6) is 5.88 Å². The van der Waals surface area contributed by atoms with E-state index >= 15 is 0 Å². The fraction of sp³-hybridized carbons (Fsp3) is 0.417. The average Bonchev–Trinajstić information content (AvgIpc) is 2.70. The minimum Gasteiger partial charge on any atom is -0.480 e. The Morgan fingerprint density at radius 3 is 2.65 bits per heavy atom. The number of fused-ring (bicyclic) bond motifs is 1. The van der Waals surface area contributed by atoms with Crippen LogP contribution in [0.4, 0.5) is 0 Å². The van der Waals surface area contributed by atoms with Crippen molar-refractivity contribution in [3.8, 4) is 11.9 Å². The van der Waals surface area contributed by atoms with Crippen LogP contribution in [0.2, 0.25) is 0 Å². The molecular formula is C12H16N4O. The first-order chi connectivity index (χ1) is 8.17. The van der Waals surface area contributed by atoms with Crippen molar-refractivity contribution in [2.75, 3.05) is 7.11 Å². The molecular weight excluding hydrogens is 216 g/mol.